The summed E-state index contributed by atoms with van der Waals surface area (Å²) in [5, 5.41) is 8.68. The number of halogens is 1. The molecule has 0 aliphatic heterocycles. The molecule has 1 aromatic heterocycles. The average molecular weight is 187 g/mol. The normalized spacial score (nSPS) is 12.5. The van der Waals surface area contributed by atoms with Crippen LogP contribution in [0.1, 0.15) is 11.6 Å². The molecule has 1 unspecified atom stereocenters. The third-order valence-corrected chi connectivity index (χ3v) is 1.70. The summed E-state index contributed by atoms with van der Waals surface area (Å²) in [6.45, 7) is 0. The summed E-state index contributed by atoms with van der Waals surface area (Å²) in [6.07, 6.45) is 1.47. The molecule has 0 aliphatic carbocycles. The molecule has 4 nitrogen and oxygen atoms in total. The summed E-state index contributed by atoms with van der Waals surface area (Å²) < 4.78 is 0. The van der Waals surface area contributed by atoms with Gasteiger partial charge in [-0.25, -0.2) is 4.98 Å². The van der Waals surface area contributed by atoms with Crippen molar-refractivity contribution in [2.24, 2.45) is 5.73 Å². The molecule has 12 heavy (non-hydrogen) atoms. The maximum absolute atomic E-state index is 10.4. The Bertz CT molecular complexity index is 303. The summed E-state index contributed by atoms with van der Waals surface area (Å²) >= 11 is 5.61. The minimum Gasteiger partial charge on any atom is -0.480 e. The van der Waals surface area contributed by atoms with Gasteiger partial charge in [-0.3, -0.25) is 4.79 Å². The fraction of sp³-hybridized carbons (Fsp3) is 0.143. The minimum absolute atomic E-state index is 0.132. The van der Waals surface area contributed by atoms with Gasteiger partial charge in [-0.1, -0.05) is 17.7 Å². The van der Waals surface area contributed by atoms with Crippen LogP contribution in [0.2, 0.25) is 5.15 Å². The van der Waals surface area contributed by atoms with Crippen LogP contribution in [0.25, 0.3) is 0 Å². The third kappa shape index (κ3) is 1.72. The fourth-order valence-electron chi connectivity index (χ4n) is 0.763. The Morgan fingerprint density at radius 1 is 1.75 bits per heavy atom. The van der Waals surface area contributed by atoms with E-state index in [0.717, 1.165) is 0 Å². The summed E-state index contributed by atoms with van der Waals surface area (Å²) in [5.41, 5.74) is 5.64. The zero-order valence-electron chi connectivity index (χ0n) is 6.07. The first kappa shape index (κ1) is 8.96. The Morgan fingerprint density at radius 2 is 2.42 bits per heavy atom. The number of aliphatic carboxylic acids is 1. The predicted octanol–water partition coefficient (Wildman–Crippen LogP) is 0.819. The van der Waals surface area contributed by atoms with Gasteiger partial charge in [0.1, 0.15) is 11.2 Å². The number of carboxylic acids is 1. The number of hydrogen-bond donors (Lipinski definition) is 2. The molecule has 1 aromatic rings. The Labute approximate surface area is 74.0 Å². The summed E-state index contributed by atoms with van der Waals surface area (Å²) in [6, 6.07) is 2.02. The van der Waals surface area contributed by atoms with E-state index < -0.39 is 12.0 Å². The van der Waals surface area contributed by atoms with E-state index in [1.165, 1.54) is 12.3 Å². The van der Waals surface area contributed by atoms with Gasteiger partial charge in [-0.05, 0) is 6.07 Å². The van der Waals surface area contributed by atoms with E-state index in [2.05, 4.69) is 4.98 Å². The fourth-order valence-corrected chi connectivity index (χ4v) is 1.00. The highest BCUT2D eigenvalue weighted by atomic mass is 35.5. The van der Waals surface area contributed by atoms with Gasteiger partial charge in [0.05, 0.1) is 0 Å². The molecule has 1 atom stereocenters. The van der Waals surface area contributed by atoms with Crippen molar-refractivity contribution in [2.75, 3.05) is 0 Å². The molecule has 0 spiro atoms. The predicted molar refractivity (Wildman–Crippen MR) is 43.8 cm³/mol. The van der Waals surface area contributed by atoms with Crippen LogP contribution in [-0.2, 0) is 4.79 Å². The second kappa shape index (κ2) is 3.51. The number of nitrogens with zero attached hydrogens (tertiary/aromatic N) is 1. The van der Waals surface area contributed by atoms with Gasteiger partial charge >= 0.3 is 5.97 Å². The van der Waals surface area contributed by atoms with Gasteiger partial charge in [-0.15, -0.1) is 0 Å². The van der Waals surface area contributed by atoms with Crippen LogP contribution in [0, 0.1) is 0 Å². The van der Waals surface area contributed by atoms with Crippen molar-refractivity contribution in [1.82, 2.24) is 4.98 Å². The van der Waals surface area contributed by atoms with Gasteiger partial charge in [0.2, 0.25) is 0 Å². The lowest BCUT2D eigenvalue weighted by atomic mass is 10.1. The van der Waals surface area contributed by atoms with E-state index in [-0.39, 0.29) is 5.15 Å². The molecular weight excluding hydrogens is 180 g/mol. The van der Waals surface area contributed by atoms with Crippen LogP contribution in [-0.4, -0.2) is 16.1 Å². The molecule has 0 amide bonds. The highest BCUT2D eigenvalue weighted by Crippen LogP contribution is 2.18. The lowest BCUT2D eigenvalue weighted by molar-refractivity contribution is -0.138. The zero-order chi connectivity index (χ0) is 9.14. The Kier molecular flexibility index (Phi) is 2.62. The second-order valence-electron chi connectivity index (χ2n) is 2.20. The van der Waals surface area contributed by atoms with Gasteiger partial charge in [0.15, 0.2) is 0 Å². The van der Waals surface area contributed by atoms with E-state index >= 15 is 0 Å². The van der Waals surface area contributed by atoms with E-state index in [4.69, 9.17) is 22.4 Å². The second-order valence-corrected chi connectivity index (χ2v) is 2.56. The van der Waals surface area contributed by atoms with Crippen LogP contribution in [0.15, 0.2) is 18.3 Å². The van der Waals surface area contributed by atoms with Crippen molar-refractivity contribution >= 4 is 17.6 Å². The van der Waals surface area contributed by atoms with Crippen LogP contribution in [0.5, 0.6) is 0 Å². The Morgan fingerprint density at radius 3 is 2.92 bits per heavy atom. The average Bonchev–Trinajstić information content (AvgIpc) is 2.04. The number of nitrogens with two attached hydrogens (primary N) is 1. The van der Waals surface area contributed by atoms with Crippen molar-refractivity contribution in [3.8, 4) is 0 Å². The number of carboxylic acid groups (broad SMARTS) is 1. The van der Waals surface area contributed by atoms with Gasteiger partial charge < -0.3 is 10.8 Å². The molecule has 0 aromatic carbocycles. The van der Waals surface area contributed by atoms with Gasteiger partial charge in [-0.2, -0.15) is 0 Å². The first-order chi connectivity index (χ1) is 5.63. The third-order valence-electron chi connectivity index (χ3n) is 1.39. The molecule has 0 aliphatic rings. The molecule has 1 rings (SSSR count). The van der Waals surface area contributed by atoms with E-state index in [9.17, 15) is 4.79 Å². The first-order valence-corrected chi connectivity index (χ1v) is 3.59. The number of carbonyl (C=O) groups is 1. The van der Waals surface area contributed by atoms with Crippen LogP contribution in [0.4, 0.5) is 0 Å². The highest BCUT2D eigenvalue weighted by molar-refractivity contribution is 6.30. The monoisotopic (exact) mass is 186 g/mol. The molecule has 5 heteroatoms. The number of aromatic nitrogens is 1. The number of rotatable bonds is 2. The molecule has 0 fully saturated rings. The summed E-state index contributed by atoms with van der Waals surface area (Å²) in [7, 11) is 0. The maximum atomic E-state index is 10.4. The standard InChI is InChI=1S/C7H7ClN2O2/c8-6-4(2-1-3-10-6)5(9)7(11)12/h1-3,5H,9H2,(H,11,12). The Balaban J connectivity index is 3.02. The topological polar surface area (TPSA) is 76.2 Å². The van der Waals surface area contributed by atoms with E-state index in [1.807, 2.05) is 0 Å². The zero-order valence-corrected chi connectivity index (χ0v) is 6.82. The molecule has 64 valence electrons. The number of pyridine rings is 1. The lowest BCUT2D eigenvalue weighted by Gasteiger charge is -2.06. The quantitative estimate of drug-likeness (QED) is 0.671. The van der Waals surface area contributed by atoms with Crippen LogP contribution < -0.4 is 5.73 Å². The van der Waals surface area contributed by atoms with Crippen LogP contribution >= 0.6 is 11.6 Å². The van der Waals surface area contributed by atoms with Gasteiger partial charge in [0, 0.05) is 11.8 Å². The summed E-state index contributed by atoms with van der Waals surface area (Å²) in [5.74, 6) is -1.12. The van der Waals surface area contributed by atoms with E-state index in [0.29, 0.717) is 5.56 Å². The molecular formula is C7H7ClN2O2. The SMILES string of the molecule is NC(C(=O)O)c1cccnc1Cl. The van der Waals surface area contributed by atoms with Crippen LogP contribution in [0.3, 0.4) is 0 Å². The highest BCUT2D eigenvalue weighted by Gasteiger charge is 2.17. The molecule has 0 saturated carbocycles. The van der Waals surface area contributed by atoms with Crippen molar-refractivity contribution in [2.45, 2.75) is 6.04 Å². The Hall–Kier alpha value is -1.13. The van der Waals surface area contributed by atoms with Crippen molar-refractivity contribution in [3.05, 3.63) is 29.0 Å². The van der Waals surface area contributed by atoms with Crippen molar-refractivity contribution < 1.29 is 9.90 Å². The molecule has 0 saturated heterocycles. The molecule has 3 N–H and O–H groups in total. The largest absolute Gasteiger partial charge is 0.480 e. The smallest absolute Gasteiger partial charge is 0.325 e. The maximum Gasteiger partial charge on any atom is 0.325 e. The molecule has 1 heterocycles. The van der Waals surface area contributed by atoms with E-state index in [1.54, 1.807) is 6.07 Å². The minimum atomic E-state index is -1.12. The van der Waals surface area contributed by atoms with Crippen molar-refractivity contribution in [1.29, 1.82) is 0 Å². The first-order valence-electron chi connectivity index (χ1n) is 3.21. The molecule has 0 radical (unpaired) electrons. The number of hydrogen-bond acceptors (Lipinski definition) is 3. The summed E-state index contributed by atoms with van der Waals surface area (Å²) in [4.78, 5) is 14.1. The molecule has 0 bridgehead atoms. The lowest BCUT2D eigenvalue weighted by Crippen LogP contribution is -2.21. The van der Waals surface area contributed by atoms with Crippen molar-refractivity contribution in [3.63, 3.8) is 0 Å². The van der Waals surface area contributed by atoms with Gasteiger partial charge in [0.25, 0.3) is 0 Å².